The summed E-state index contributed by atoms with van der Waals surface area (Å²) in [6, 6.07) is 8.45. The molecule has 0 fully saturated rings. The first-order chi connectivity index (χ1) is 9.13. The van der Waals surface area contributed by atoms with Crippen LogP contribution in [0.15, 0.2) is 34.4 Å². The van der Waals surface area contributed by atoms with Crippen molar-refractivity contribution in [2.75, 3.05) is 6.54 Å². The average Bonchev–Trinajstić information content (AvgIpc) is 2.78. The normalized spacial score (nSPS) is 11.2. The molecule has 0 radical (unpaired) electrons. The zero-order valence-corrected chi connectivity index (χ0v) is 12.2. The van der Waals surface area contributed by atoms with Gasteiger partial charge in [0.05, 0.1) is 5.69 Å². The molecule has 4 heteroatoms. The van der Waals surface area contributed by atoms with Gasteiger partial charge in [-0.1, -0.05) is 49.4 Å². The Morgan fingerprint density at radius 2 is 1.95 bits per heavy atom. The molecule has 3 nitrogen and oxygen atoms in total. The lowest BCUT2D eigenvalue weighted by molar-refractivity contribution is 0.647. The monoisotopic (exact) mass is 276 g/mol. The van der Waals surface area contributed by atoms with Crippen LogP contribution in [0.1, 0.15) is 31.7 Å². The smallest absolute Gasteiger partial charge is 0.307 e. The third kappa shape index (κ3) is 3.14. The Morgan fingerprint density at radius 1 is 1.26 bits per heavy atom. The number of rotatable bonds is 5. The molecule has 1 heterocycles. The highest BCUT2D eigenvalue weighted by Gasteiger charge is 2.09. The molecule has 0 saturated carbocycles. The molecular formula is C15H20N2OS. The Hall–Kier alpha value is -1.39. The molecule has 0 aliphatic rings. The van der Waals surface area contributed by atoms with Crippen molar-refractivity contribution in [2.24, 2.45) is 5.73 Å². The quantitative estimate of drug-likeness (QED) is 0.912. The van der Waals surface area contributed by atoms with E-state index in [1.165, 1.54) is 16.9 Å². The van der Waals surface area contributed by atoms with Crippen LogP contribution in [0.5, 0.6) is 0 Å². The first-order valence-corrected chi connectivity index (χ1v) is 7.50. The van der Waals surface area contributed by atoms with E-state index in [1.807, 2.05) is 9.95 Å². The number of thiazole rings is 1. The van der Waals surface area contributed by atoms with E-state index >= 15 is 0 Å². The molecule has 2 N–H and O–H groups in total. The molecule has 1 aromatic heterocycles. The lowest BCUT2D eigenvalue weighted by atomic mass is 10.0. The van der Waals surface area contributed by atoms with E-state index in [4.69, 9.17) is 5.73 Å². The van der Waals surface area contributed by atoms with Gasteiger partial charge in [0.15, 0.2) is 0 Å². The summed E-state index contributed by atoms with van der Waals surface area (Å²) in [6.07, 6.45) is 0.827. The fourth-order valence-corrected chi connectivity index (χ4v) is 2.85. The first kappa shape index (κ1) is 14.0. The third-order valence-electron chi connectivity index (χ3n) is 3.24. The molecule has 2 rings (SSSR count). The number of nitrogens with zero attached hydrogens (tertiary/aromatic N) is 1. The minimum Gasteiger partial charge on any atom is -0.330 e. The van der Waals surface area contributed by atoms with Gasteiger partial charge in [-0.05, 0) is 30.0 Å². The predicted octanol–water partition coefficient (Wildman–Crippen LogP) is 3.05. The van der Waals surface area contributed by atoms with Crippen LogP contribution in [0.25, 0.3) is 11.3 Å². The number of benzene rings is 1. The van der Waals surface area contributed by atoms with Crippen LogP contribution in [-0.4, -0.2) is 11.1 Å². The molecule has 19 heavy (non-hydrogen) atoms. The molecule has 0 unspecified atom stereocenters. The summed E-state index contributed by atoms with van der Waals surface area (Å²) in [5.41, 5.74) is 8.94. The van der Waals surface area contributed by atoms with Crippen molar-refractivity contribution < 1.29 is 0 Å². The minimum atomic E-state index is 0.0939. The van der Waals surface area contributed by atoms with Crippen molar-refractivity contribution in [1.82, 2.24) is 4.57 Å². The Balaban J connectivity index is 2.33. The van der Waals surface area contributed by atoms with Crippen LogP contribution in [0.4, 0.5) is 0 Å². The first-order valence-electron chi connectivity index (χ1n) is 6.62. The zero-order chi connectivity index (χ0) is 13.8. The second kappa shape index (κ2) is 6.17. The van der Waals surface area contributed by atoms with E-state index in [-0.39, 0.29) is 4.87 Å². The van der Waals surface area contributed by atoms with Crippen LogP contribution in [0.3, 0.4) is 0 Å². The predicted molar refractivity (Wildman–Crippen MR) is 81.8 cm³/mol. The van der Waals surface area contributed by atoms with Crippen molar-refractivity contribution >= 4 is 11.3 Å². The van der Waals surface area contributed by atoms with Crippen molar-refractivity contribution in [3.63, 3.8) is 0 Å². The molecule has 1 aromatic carbocycles. The van der Waals surface area contributed by atoms with Gasteiger partial charge in [-0.15, -0.1) is 0 Å². The van der Waals surface area contributed by atoms with Gasteiger partial charge in [0, 0.05) is 11.9 Å². The fraction of sp³-hybridized carbons (Fsp3) is 0.400. The fourth-order valence-electron chi connectivity index (χ4n) is 2.06. The van der Waals surface area contributed by atoms with Crippen molar-refractivity contribution in [3.05, 3.63) is 44.9 Å². The van der Waals surface area contributed by atoms with E-state index in [9.17, 15) is 4.79 Å². The largest absolute Gasteiger partial charge is 0.330 e. The SMILES string of the molecule is CC(C)c1ccc(-c2csc(=O)n2CCCN)cc1. The van der Waals surface area contributed by atoms with Gasteiger partial charge in [-0.25, -0.2) is 0 Å². The molecule has 2 aromatic rings. The lowest BCUT2D eigenvalue weighted by Gasteiger charge is -2.09. The lowest BCUT2D eigenvalue weighted by Crippen LogP contribution is -2.16. The summed E-state index contributed by atoms with van der Waals surface area (Å²) in [6.45, 7) is 5.65. The molecule has 0 aliphatic heterocycles. The number of nitrogens with two attached hydrogens (primary N) is 1. The highest BCUT2D eigenvalue weighted by atomic mass is 32.1. The minimum absolute atomic E-state index is 0.0939. The van der Waals surface area contributed by atoms with Crippen LogP contribution in [0.2, 0.25) is 0 Å². The molecule has 0 bridgehead atoms. The molecule has 0 spiro atoms. The molecule has 0 amide bonds. The van der Waals surface area contributed by atoms with Crippen LogP contribution in [-0.2, 0) is 6.54 Å². The van der Waals surface area contributed by atoms with Crippen LogP contribution in [0, 0.1) is 0 Å². The topological polar surface area (TPSA) is 48.0 Å². The third-order valence-corrected chi connectivity index (χ3v) is 4.00. The van der Waals surface area contributed by atoms with Gasteiger partial charge in [-0.3, -0.25) is 9.36 Å². The highest BCUT2D eigenvalue weighted by molar-refractivity contribution is 7.07. The Morgan fingerprint density at radius 3 is 2.53 bits per heavy atom. The van der Waals surface area contributed by atoms with Crippen molar-refractivity contribution in [2.45, 2.75) is 32.7 Å². The molecule has 0 atom stereocenters. The second-order valence-electron chi connectivity index (χ2n) is 4.96. The van der Waals surface area contributed by atoms with Gasteiger partial charge in [0.25, 0.3) is 0 Å². The Labute approximate surface area is 117 Å². The van der Waals surface area contributed by atoms with E-state index in [0.717, 1.165) is 17.7 Å². The molecule has 102 valence electrons. The highest BCUT2D eigenvalue weighted by Crippen LogP contribution is 2.23. The second-order valence-corrected chi connectivity index (χ2v) is 5.78. The molecule has 0 saturated heterocycles. The molecule has 0 aliphatic carbocycles. The Bertz CT molecular complexity index is 581. The van der Waals surface area contributed by atoms with Crippen molar-refractivity contribution in [1.29, 1.82) is 0 Å². The summed E-state index contributed by atoms with van der Waals surface area (Å²) in [5, 5.41) is 1.93. The van der Waals surface area contributed by atoms with E-state index in [2.05, 4.69) is 38.1 Å². The van der Waals surface area contributed by atoms with Gasteiger partial charge in [-0.2, -0.15) is 0 Å². The van der Waals surface area contributed by atoms with E-state index in [1.54, 1.807) is 0 Å². The number of hydrogen-bond acceptors (Lipinski definition) is 3. The standard InChI is InChI=1S/C15H20N2OS/c1-11(2)12-4-6-13(7-5-12)14-10-19-15(18)17(14)9-3-8-16/h4-7,10-11H,3,8-9,16H2,1-2H3. The zero-order valence-electron chi connectivity index (χ0n) is 11.4. The van der Waals surface area contributed by atoms with Gasteiger partial charge >= 0.3 is 4.87 Å². The van der Waals surface area contributed by atoms with Gasteiger partial charge in [0.1, 0.15) is 0 Å². The summed E-state index contributed by atoms with van der Waals surface area (Å²) in [7, 11) is 0. The van der Waals surface area contributed by atoms with Gasteiger partial charge < -0.3 is 5.73 Å². The summed E-state index contributed by atoms with van der Waals surface area (Å²) >= 11 is 1.25. The molecular weight excluding hydrogens is 256 g/mol. The van der Waals surface area contributed by atoms with Crippen molar-refractivity contribution in [3.8, 4) is 11.3 Å². The maximum Gasteiger partial charge on any atom is 0.307 e. The number of hydrogen-bond donors (Lipinski definition) is 1. The summed E-state index contributed by atoms with van der Waals surface area (Å²) < 4.78 is 1.82. The summed E-state index contributed by atoms with van der Waals surface area (Å²) in [5.74, 6) is 0.524. The summed E-state index contributed by atoms with van der Waals surface area (Å²) in [4.78, 5) is 11.9. The maximum absolute atomic E-state index is 11.8. The van der Waals surface area contributed by atoms with Crippen LogP contribution < -0.4 is 10.6 Å². The van der Waals surface area contributed by atoms with E-state index < -0.39 is 0 Å². The van der Waals surface area contributed by atoms with Crippen LogP contribution >= 0.6 is 11.3 Å². The number of aromatic nitrogens is 1. The Kier molecular flexibility index (Phi) is 4.56. The van der Waals surface area contributed by atoms with Gasteiger partial charge in [0.2, 0.25) is 0 Å². The average molecular weight is 276 g/mol. The van der Waals surface area contributed by atoms with E-state index in [0.29, 0.717) is 19.0 Å². The maximum atomic E-state index is 11.8.